The first-order valence-electron chi connectivity index (χ1n) is 1.40. The summed E-state index contributed by atoms with van der Waals surface area (Å²) in [5.74, 6) is 0. The van der Waals surface area contributed by atoms with E-state index in [1.54, 1.807) is 0 Å². The number of rotatable bonds is 0. The minimum absolute atomic E-state index is 0. The zero-order chi connectivity index (χ0) is 9.00. The van der Waals surface area contributed by atoms with Crippen molar-refractivity contribution in [1.29, 1.82) is 0 Å². The second-order valence-electron chi connectivity index (χ2n) is 0.896. The number of hydrogen-bond donors (Lipinski definition) is 4. The Morgan fingerprint density at radius 3 is 0.692 bits per heavy atom. The Kier molecular flexibility index (Phi) is 28.7. The van der Waals surface area contributed by atoms with E-state index >= 15 is 0 Å². The van der Waals surface area contributed by atoms with Gasteiger partial charge in [-0.15, -0.1) is 0 Å². The van der Waals surface area contributed by atoms with Crippen LogP contribution in [0.5, 0.6) is 0 Å². The van der Waals surface area contributed by atoms with Crippen molar-refractivity contribution in [2.75, 3.05) is 0 Å². The van der Waals surface area contributed by atoms with Crippen molar-refractivity contribution in [2.24, 2.45) is 0 Å². The first-order valence-corrected chi connectivity index (χ1v) is 4.19. The Hall–Kier alpha value is 2.53. The first-order chi connectivity index (χ1) is 4.00. The quantitative estimate of drug-likeness (QED) is 0.269. The summed E-state index contributed by atoms with van der Waals surface area (Å²) in [5, 5.41) is 0. The molecule has 0 aromatic rings. The van der Waals surface area contributed by atoms with Crippen molar-refractivity contribution in [1.82, 2.24) is 0 Å². The van der Waals surface area contributed by atoms with Crippen molar-refractivity contribution in [3.63, 3.8) is 0 Å². The molecule has 0 aliphatic heterocycles. The van der Waals surface area contributed by atoms with Crippen LogP contribution < -0.4 is 0 Å². The molecule has 13 heteroatoms. The Morgan fingerprint density at radius 2 is 0.692 bits per heavy atom. The molecule has 0 rings (SSSR count). The van der Waals surface area contributed by atoms with E-state index < -0.39 is 20.8 Å². The van der Waals surface area contributed by atoms with Crippen LogP contribution in [-0.4, -0.2) is 104 Å². The fraction of sp³-hybridized carbons (Fsp3) is 0. The van der Waals surface area contributed by atoms with Gasteiger partial charge in [0.05, 0.1) is 0 Å². The zero-order valence-corrected chi connectivity index (χ0v) is 9.55. The van der Waals surface area contributed by atoms with E-state index in [-0.39, 0.29) is 88.2 Å². The van der Waals surface area contributed by atoms with Gasteiger partial charge in [0.2, 0.25) is 0 Å². The van der Waals surface area contributed by atoms with Crippen LogP contribution in [0.25, 0.3) is 0 Å². The molecule has 0 spiro atoms. The fourth-order valence-electron chi connectivity index (χ4n) is 0. The molecule has 0 aliphatic rings. The van der Waals surface area contributed by atoms with E-state index in [0.29, 0.717) is 0 Å². The maximum Gasteiger partial charge on any atom is 0 e. The molecule has 0 atom stereocenters. The summed E-state index contributed by atoms with van der Waals surface area (Å²) in [4.78, 5) is 0. The second kappa shape index (κ2) is 12.6. The van der Waals surface area contributed by atoms with Crippen molar-refractivity contribution < 1.29 is 54.5 Å². The SMILES string of the molecule is O=S(=O)(O)O.O=S(=O)(O)O.[AlH3].[KH].[Zn]. The van der Waals surface area contributed by atoms with Gasteiger partial charge in [-0.2, -0.15) is 16.8 Å². The van der Waals surface area contributed by atoms with Crippen LogP contribution >= 0.6 is 0 Å². The van der Waals surface area contributed by atoms with Gasteiger partial charge in [-0.1, -0.05) is 0 Å². The largest absolute Gasteiger partial charge is 0 e. The standard InChI is InChI=1S/Al.K.2H2O4S.Zn.4H/c;;2*1-5(2,3)4;;;;;/h;;2*(H2,1,2,3,4);;;;;. The monoisotopic (exact) mass is 330 g/mol. The van der Waals surface area contributed by atoms with Crippen LogP contribution in [0.15, 0.2) is 0 Å². The molecule has 0 fully saturated rings. The summed E-state index contributed by atoms with van der Waals surface area (Å²) in [5.41, 5.74) is 0. The van der Waals surface area contributed by atoms with Crippen LogP contribution in [0.2, 0.25) is 0 Å². The normalized spacial score (nSPS) is 8.92. The smallest absolute Gasteiger partial charge is 0 e. The minimum Gasteiger partial charge on any atom is 0 e. The average Bonchev–Trinajstić information content (AvgIpc) is 1.12. The van der Waals surface area contributed by atoms with Gasteiger partial charge in [-0.3, -0.25) is 18.2 Å². The van der Waals surface area contributed by atoms with Gasteiger partial charge in [0.25, 0.3) is 0 Å². The van der Waals surface area contributed by atoms with Gasteiger partial charge < -0.3 is 0 Å². The van der Waals surface area contributed by atoms with Crippen molar-refractivity contribution in [3.8, 4) is 0 Å². The predicted molar refractivity (Wildman–Crippen MR) is 45.4 cm³/mol. The summed E-state index contributed by atoms with van der Waals surface area (Å²) in [7, 11) is -9.33. The molecule has 0 aliphatic carbocycles. The minimum atomic E-state index is -4.67. The van der Waals surface area contributed by atoms with Gasteiger partial charge >= 0.3 is 72.2 Å². The maximum atomic E-state index is 8.74. The van der Waals surface area contributed by atoms with Gasteiger partial charge in [-0.05, 0) is 0 Å². The Bertz CT molecular complexity index is 219. The van der Waals surface area contributed by atoms with E-state index in [2.05, 4.69) is 0 Å². The van der Waals surface area contributed by atoms with E-state index in [0.717, 1.165) is 0 Å². The fourth-order valence-corrected chi connectivity index (χ4v) is 0. The molecule has 74 valence electrons. The maximum absolute atomic E-state index is 8.74. The molecule has 0 aromatic carbocycles. The van der Waals surface area contributed by atoms with E-state index in [1.807, 2.05) is 0 Å². The summed E-state index contributed by atoms with van der Waals surface area (Å²) >= 11 is 0. The van der Waals surface area contributed by atoms with Gasteiger partial charge in [0.1, 0.15) is 0 Å². The van der Waals surface area contributed by atoms with Crippen LogP contribution in [0.1, 0.15) is 0 Å². The Balaban J connectivity index is -0.0000000267. The Labute approximate surface area is 141 Å². The van der Waals surface area contributed by atoms with E-state index in [1.165, 1.54) is 0 Å². The first kappa shape index (κ1) is 29.6. The molecule has 0 unspecified atom stereocenters. The van der Waals surface area contributed by atoms with Crippen LogP contribution in [0.3, 0.4) is 0 Å². The van der Waals surface area contributed by atoms with Gasteiger partial charge in [-0.25, -0.2) is 0 Å². The molecule has 0 radical (unpaired) electrons. The molecule has 0 bridgehead atoms. The van der Waals surface area contributed by atoms with Crippen molar-refractivity contribution >= 4 is 89.5 Å². The second-order valence-corrected chi connectivity index (χ2v) is 2.69. The van der Waals surface area contributed by atoms with E-state index in [4.69, 9.17) is 35.0 Å². The average molecular weight is 332 g/mol. The Morgan fingerprint density at radius 1 is 0.692 bits per heavy atom. The summed E-state index contributed by atoms with van der Waals surface area (Å²) in [6, 6.07) is 0. The predicted octanol–water partition coefficient (Wildman–Crippen LogP) is -3.14. The summed E-state index contributed by atoms with van der Waals surface area (Å²) in [6.45, 7) is 0. The van der Waals surface area contributed by atoms with Crippen LogP contribution in [0, 0.1) is 0 Å². The molecular weight excluding hydrogens is 324 g/mol. The molecule has 4 N–H and O–H groups in total. The molecule has 0 saturated carbocycles. The van der Waals surface area contributed by atoms with Gasteiger partial charge in [0.15, 0.2) is 17.4 Å². The molecule has 8 nitrogen and oxygen atoms in total. The third-order valence-corrected chi connectivity index (χ3v) is 0. The van der Waals surface area contributed by atoms with Crippen molar-refractivity contribution in [2.45, 2.75) is 0 Å². The molecule has 0 saturated heterocycles. The molecule has 13 heavy (non-hydrogen) atoms. The van der Waals surface area contributed by atoms with Crippen molar-refractivity contribution in [3.05, 3.63) is 0 Å². The van der Waals surface area contributed by atoms with Crippen LogP contribution in [0.4, 0.5) is 0 Å². The molecule has 0 amide bonds. The third kappa shape index (κ3) is 356. The summed E-state index contributed by atoms with van der Waals surface area (Å²) < 4.78 is 63.2. The molecule has 0 aromatic heterocycles. The molecule has 0 heterocycles. The number of hydrogen-bond acceptors (Lipinski definition) is 4. The van der Waals surface area contributed by atoms with Crippen LogP contribution in [-0.2, 0) is 40.3 Å². The van der Waals surface area contributed by atoms with E-state index in [9.17, 15) is 0 Å². The van der Waals surface area contributed by atoms with Gasteiger partial charge in [0, 0.05) is 19.5 Å². The zero-order valence-electron chi connectivity index (χ0n) is 4.95. The molecular formula is H8AlKO8S2Zn. The topological polar surface area (TPSA) is 149 Å². The summed E-state index contributed by atoms with van der Waals surface area (Å²) in [6.07, 6.45) is 0. The third-order valence-electron chi connectivity index (χ3n) is 0.